The predicted molar refractivity (Wildman–Crippen MR) is 79.9 cm³/mol. The topological polar surface area (TPSA) is 75.4 Å². The Hall–Kier alpha value is -1.17. The molecule has 5 nitrogen and oxygen atoms in total. The average Bonchev–Trinajstić information content (AvgIpc) is 2.26. The van der Waals surface area contributed by atoms with Crippen LogP contribution in [0.5, 0.6) is 0 Å². The number of nitrogens with one attached hydrogen (secondary N) is 1. The van der Waals surface area contributed by atoms with Gasteiger partial charge in [0.25, 0.3) is 5.69 Å². The van der Waals surface area contributed by atoms with Gasteiger partial charge in [-0.15, -0.1) is 0 Å². The third-order valence-electron chi connectivity index (χ3n) is 2.91. The minimum Gasteiger partial charge on any atom is -0.389 e. The molecular weight excluding hydrogens is 280 g/mol. The lowest BCUT2D eigenvalue weighted by molar-refractivity contribution is -0.385. The highest BCUT2D eigenvalue weighted by Gasteiger charge is 2.22. The molecule has 0 spiro atoms. The summed E-state index contributed by atoms with van der Waals surface area (Å²) in [4.78, 5) is 10.5. The van der Waals surface area contributed by atoms with E-state index >= 15 is 0 Å². The fraction of sp³-hybridized carbons (Fsp3) is 0.571. The molecular formula is C14H21ClN2O3. The first-order chi connectivity index (χ1) is 9.21. The summed E-state index contributed by atoms with van der Waals surface area (Å²) in [7, 11) is 0. The molecule has 0 aliphatic rings. The molecule has 1 unspecified atom stereocenters. The summed E-state index contributed by atoms with van der Waals surface area (Å²) < 4.78 is 0. The Balaban J connectivity index is 2.66. The van der Waals surface area contributed by atoms with Crippen molar-refractivity contribution in [3.8, 4) is 0 Å². The molecule has 2 N–H and O–H groups in total. The van der Waals surface area contributed by atoms with E-state index in [0.717, 1.165) is 0 Å². The number of nitrogens with zero attached hydrogens (tertiary/aromatic N) is 1. The molecule has 0 bridgehead atoms. The van der Waals surface area contributed by atoms with Crippen LogP contribution >= 0.6 is 11.6 Å². The molecule has 0 aromatic heterocycles. The van der Waals surface area contributed by atoms with Gasteiger partial charge in [0.2, 0.25) is 0 Å². The summed E-state index contributed by atoms with van der Waals surface area (Å²) in [5.41, 5.74) is -0.283. The number of aliphatic hydroxyl groups is 1. The van der Waals surface area contributed by atoms with Crippen LogP contribution in [0.2, 0.25) is 5.02 Å². The van der Waals surface area contributed by atoms with Gasteiger partial charge in [-0.1, -0.05) is 25.4 Å². The van der Waals surface area contributed by atoms with Crippen LogP contribution in [0, 0.1) is 16.0 Å². The molecule has 0 aliphatic carbocycles. The Morgan fingerprint density at radius 1 is 1.50 bits per heavy atom. The van der Waals surface area contributed by atoms with Crippen molar-refractivity contribution < 1.29 is 10.0 Å². The molecule has 0 fully saturated rings. The predicted octanol–water partition coefficient (Wildman–Crippen LogP) is 3.13. The summed E-state index contributed by atoms with van der Waals surface area (Å²) in [6.45, 7) is 6.50. The molecule has 1 aromatic rings. The van der Waals surface area contributed by atoms with Crippen molar-refractivity contribution in [2.45, 2.75) is 39.3 Å². The van der Waals surface area contributed by atoms with E-state index in [0.29, 0.717) is 36.0 Å². The Morgan fingerprint density at radius 2 is 2.15 bits per heavy atom. The van der Waals surface area contributed by atoms with Gasteiger partial charge in [-0.3, -0.25) is 10.1 Å². The number of nitro benzene ring substituents is 1. The summed E-state index contributed by atoms with van der Waals surface area (Å²) >= 11 is 5.86. The van der Waals surface area contributed by atoms with E-state index in [1.54, 1.807) is 13.0 Å². The van der Waals surface area contributed by atoms with Gasteiger partial charge in [0.1, 0.15) is 0 Å². The second-order valence-electron chi connectivity index (χ2n) is 5.73. The number of benzene rings is 1. The molecule has 6 heteroatoms. The van der Waals surface area contributed by atoms with Crippen LogP contribution in [0.15, 0.2) is 18.2 Å². The van der Waals surface area contributed by atoms with Gasteiger partial charge in [0, 0.05) is 29.7 Å². The van der Waals surface area contributed by atoms with Crippen molar-refractivity contribution in [3.63, 3.8) is 0 Å². The summed E-state index contributed by atoms with van der Waals surface area (Å²) in [5, 5.41) is 24.6. The van der Waals surface area contributed by atoms with Crippen molar-refractivity contribution in [1.29, 1.82) is 0 Å². The quantitative estimate of drug-likeness (QED) is 0.599. The summed E-state index contributed by atoms with van der Waals surface area (Å²) in [6.07, 6.45) is 0.664. The third kappa shape index (κ3) is 5.45. The van der Waals surface area contributed by atoms with Crippen molar-refractivity contribution >= 4 is 17.3 Å². The summed E-state index contributed by atoms with van der Waals surface area (Å²) in [5.74, 6) is 0.382. The molecule has 0 saturated carbocycles. The molecule has 0 radical (unpaired) electrons. The van der Waals surface area contributed by atoms with Crippen molar-refractivity contribution in [1.82, 2.24) is 5.32 Å². The Labute approximate surface area is 124 Å². The highest BCUT2D eigenvalue weighted by molar-refractivity contribution is 6.30. The Morgan fingerprint density at radius 3 is 2.70 bits per heavy atom. The summed E-state index contributed by atoms with van der Waals surface area (Å²) in [6, 6.07) is 4.47. The van der Waals surface area contributed by atoms with Crippen LogP contribution in [-0.4, -0.2) is 22.2 Å². The van der Waals surface area contributed by atoms with Gasteiger partial charge >= 0.3 is 0 Å². The molecule has 0 amide bonds. The van der Waals surface area contributed by atoms with E-state index in [2.05, 4.69) is 5.32 Å². The minimum atomic E-state index is -0.832. The number of rotatable bonds is 7. The zero-order valence-electron chi connectivity index (χ0n) is 12.0. The van der Waals surface area contributed by atoms with Gasteiger partial charge in [0.05, 0.1) is 10.5 Å². The van der Waals surface area contributed by atoms with Crippen LogP contribution in [0.25, 0.3) is 0 Å². The fourth-order valence-corrected chi connectivity index (χ4v) is 2.49. The normalized spacial score (nSPS) is 14.3. The number of halogens is 1. The highest BCUT2D eigenvalue weighted by Crippen LogP contribution is 2.23. The zero-order valence-corrected chi connectivity index (χ0v) is 12.8. The van der Waals surface area contributed by atoms with E-state index < -0.39 is 10.5 Å². The average molecular weight is 301 g/mol. The van der Waals surface area contributed by atoms with Crippen molar-refractivity contribution in [3.05, 3.63) is 38.9 Å². The first-order valence-electron chi connectivity index (χ1n) is 6.57. The molecule has 0 saturated heterocycles. The van der Waals surface area contributed by atoms with Gasteiger partial charge in [-0.25, -0.2) is 0 Å². The molecule has 1 rings (SSSR count). The van der Waals surface area contributed by atoms with E-state index in [-0.39, 0.29) is 5.69 Å². The molecule has 20 heavy (non-hydrogen) atoms. The first-order valence-corrected chi connectivity index (χ1v) is 6.95. The molecule has 1 aromatic carbocycles. The van der Waals surface area contributed by atoms with Crippen molar-refractivity contribution in [2.24, 2.45) is 5.92 Å². The Bertz CT molecular complexity index is 475. The molecule has 0 aliphatic heterocycles. The lowest BCUT2D eigenvalue weighted by Crippen LogP contribution is -2.38. The Kier molecular flexibility index (Phi) is 5.92. The van der Waals surface area contributed by atoms with Crippen LogP contribution in [-0.2, 0) is 6.54 Å². The molecule has 0 heterocycles. The lowest BCUT2D eigenvalue weighted by atomic mass is 9.94. The van der Waals surface area contributed by atoms with Crippen LogP contribution in [0.4, 0.5) is 5.69 Å². The second-order valence-corrected chi connectivity index (χ2v) is 6.17. The first kappa shape index (κ1) is 16.9. The van der Waals surface area contributed by atoms with Gasteiger partial charge < -0.3 is 10.4 Å². The maximum absolute atomic E-state index is 10.9. The number of nitro groups is 1. The van der Waals surface area contributed by atoms with Crippen molar-refractivity contribution in [2.75, 3.05) is 6.54 Å². The van der Waals surface area contributed by atoms with E-state index in [9.17, 15) is 15.2 Å². The number of hydrogen-bond acceptors (Lipinski definition) is 4. The maximum Gasteiger partial charge on any atom is 0.273 e. The van der Waals surface area contributed by atoms with Crippen LogP contribution in [0.1, 0.15) is 32.8 Å². The SMILES string of the molecule is CC(C)CC(C)(O)CNCc1cc(Cl)ccc1[N+](=O)[O-]. The van der Waals surface area contributed by atoms with Gasteiger partial charge in [-0.05, 0) is 31.4 Å². The monoisotopic (exact) mass is 300 g/mol. The molecule has 112 valence electrons. The largest absolute Gasteiger partial charge is 0.389 e. The van der Waals surface area contributed by atoms with E-state index in [4.69, 9.17) is 11.6 Å². The van der Waals surface area contributed by atoms with Crippen LogP contribution in [0.3, 0.4) is 0 Å². The minimum absolute atomic E-state index is 0.0328. The van der Waals surface area contributed by atoms with E-state index in [1.165, 1.54) is 12.1 Å². The highest BCUT2D eigenvalue weighted by atomic mass is 35.5. The van der Waals surface area contributed by atoms with E-state index in [1.807, 2.05) is 13.8 Å². The smallest absolute Gasteiger partial charge is 0.273 e. The lowest BCUT2D eigenvalue weighted by Gasteiger charge is -2.25. The van der Waals surface area contributed by atoms with Gasteiger partial charge in [0.15, 0.2) is 0 Å². The standard InChI is InChI=1S/C14H21ClN2O3/c1-10(2)7-14(3,18)9-16-8-11-6-12(15)4-5-13(11)17(19)20/h4-6,10,16,18H,7-9H2,1-3H3. The molecule has 1 atom stereocenters. The fourth-order valence-electron chi connectivity index (χ4n) is 2.29. The number of hydrogen-bond donors (Lipinski definition) is 2. The van der Waals surface area contributed by atoms with Crippen LogP contribution < -0.4 is 5.32 Å². The third-order valence-corrected chi connectivity index (χ3v) is 3.14. The zero-order chi connectivity index (χ0) is 15.3. The van der Waals surface area contributed by atoms with Gasteiger partial charge in [-0.2, -0.15) is 0 Å². The second kappa shape index (κ2) is 7.02. The maximum atomic E-state index is 10.9.